The van der Waals surface area contributed by atoms with E-state index in [9.17, 15) is 9.90 Å². The third kappa shape index (κ3) is 3.46. The Morgan fingerprint density at radius 1 is 1.50 bits per heavy atom. The predicted molar refractivity (Wildman–Crippen MR) is 58.7 cm³/mol. The molecule has 0 aromatic heterocycles. The van der Waals surface area contributed by atoms with E-state index in [2.05, 4.69) is 0 Å². The third-order valence-corrected chi connectivity index (χ3v) is 1.95. The molecular formula is C12H11NO3. The molecular weight excluding hydrogens is 206 g/mol. The molecule has 0 saturated carbocycles. The van der Waals surface area contributed by atoms with E-state index in [1.54, 1.807) is 24.3 Å². The summed E-state index contributed by atoms with van der Waals surface area (Å²) in [6, 6.07) is 6.55. The number of nitrogens with zero attached hydrogens (tertiary/aromatic N) is 1. The molecule has 82 valence electrons. The molecule has 4 heteroatoms. The van der Waals surface area contributed by atoms with Gasteiger partial charge in [0.05, 0.1) is 18.9 Å². The average Bonchev–Trinajstić information content (AvgIpc) is 2.22. The summed E-state index contributed by atoms with van der Waals surface area (Å²) in [6.45, 7) is 0. The third-order valence-electron chi connectivity index (χ3n) is 1.95. The smallest absolute Gasteiger partial charge is 0.307 e. The van der Waals surface area contributed by atoms with E-state index in [4.69, 9.17) is 10.4 Å². The van der Waals surface area contributed by atoms with Crippen LogP contribution in [0.15, 0.2) is 24.3 Å². The zero-order valence-electron chi connectivity index (χ0n) is 8.55. The molecule has 0 aliphatic heterocycles. The molecule has 0 atom stereocenters. The van der Waals surface area contributed by atoms with Crippen LogP contribution in [0.2, 0.25) is 0 Å². The highest BCUT2D eigenvalue weighted by molar-refractivity contribution is 5.71. The Morgan fingerprint density at radius 3 is 2.88 bits per heavy atom. The van der Waals surface area contributed by atoms with Crippen LogP contribution in [0.4, 0.5) is 0 Å². The maximum absolute atomic E-state index is 10.5. The molecule has 1 aromatic rings. The Kier molecular flexibility index (Phi) is 4.10. The maximum atomic E-state index is 10.5. The quantitative estimate of drug-likeness (QED) is 0.807. The lowest BCUT2D eigenvalue weighted by Gasteiger charge is -2.02. The maximum Gasteiger partial charge on any atom is 0.307 e. The second-order valence-corrected chi connectivity index (χ2v) is 3.23. The Hall–Kier alpha value is -2.28. The number of nitriles is 1. The van der Waals surface area contributed by atoms with Gasteiger partial charge in [0.15, 0.2) is 0 Å². The molecule has 0 saturated heterocycles. The van der Waals surface area contributed by atoms with Crippen molar-refractivity contribution in [2.45, 2.75) is 12.8 Å². The van der Waals surface area contributed by atoms with E-state index < -0.39 is 5.97 Å². The molecule has 0 heterocycles. The minimum atomic E-state index is -0.919. The minimum absolute atomic E-state index is 0.0725. The lowest BCUT2D eigenvalue weighted by Crippen LogP contribution is -1.99. The summed E-state index contributed by atoms with van der Waals surface area (Å²) in [4.78, 5) is 10.5. The number of carbonyl (C=O) groups is 1. The average molecular weight is 217 g/mol. The molecule has 0 radical (unpaired) electrons. The normalized spacial score (nSPS) is 10.2. The first-order valence-corrected chi connectivity index (χ1v) is 4.70. The second-order valence-electron chi connectivity index (χ2n) is 3.23. The fourth-order valence-electron chi connectivity index (χ4n) is 1.26. The predicted octanol–water partition coefficient (Wildman–Crippen LogP) is 1.95. The van der Waals surface area contributed by atoms with Crippen LogP contribution in [0.25, 0.3) is 6.08 Å². The summed E-state index contributed by atoms with van der Waals surface area (Å²) < 4.78 is 0. The zero-order valence-corrected chi connectivity index (χ0v) is 8.55. The number of phenolic OH excluding ortho intramolecular Hbond substituents is 1. The summed E-state index contributed by atoms with van der Waals surface area (Å²) in [5.41, 5.74) is 1.14. The van der Waals surface area contributed by atoms with Gasteiger partial charge in [-0.1, -0.05) is 18.2 Å². The van der Waals surface area contributed by atoms with Crippen LogP contribution < -0.4 is 0 Å². The summed E-state index contributed by atoms with van der Waals surface area (Å²) in [5, 5.41) is 26.5. The molecule has 0 unspecified atom stereocenters. The van der Waals surface area contributed by atoms with E-state index in [0.29, 0.717) is 11.1 Å². The summed E-state index contributed by atoms with van der Waals surface area (Å²) in [7, 11) is 0. The van der Waals surface area contributed by atoms with Gasteiger partial charge in [-0.3, -0.25) is 4.79 Å². The van der Waals surface area contributed by atoms with Crippen LogP contribution in [-0.2, 0) is 11.2 Å². The van der Waals surface area contributed by atoms with E-state index >= 15 is 0 Å². The Labute approximate surface area is 93.1 Å². The van der Waals surface area contributed by atoms with Gasteiger partial charge in [0, 0.05) is 5.56 Å². The monoisotopic (exact) mass is 217 g/mol. The number of carboxylic acid groups (broad SMARTS) is 1. The van der Waals surface area contributed by atoms with Crippen molar-refractivity contribution in [1.82, 2.24) is 0 Å². The molecule has 0 amide bonds. The highest BCUT2D eigenvalue weighted by Crippen LogP contribution is 2.20. The van der Waals surface area contributed by atoms with Crippen molar-refractivity contribution in [2.75, 3.05) is 0 Å². The van der Waals surface area contributed by atoms with Crippen LogP contribution in [-0.4, -0.2) is 16.2 Å². The Balaban J connectivity index is 2.91. The SMILES string of the molecule is N#CCC=Cc1cc(CC(=O)O)ccc1O. The van der Waals surface area contributed by atoms with Gasteiger partial charge in [0.25, 0.3) is 0 Å². The van der Waals surface area contributed by atoms with Crippen molar-refractivity contribution in [1.29, 1.82) is 5.26 Å². The fraction of sp³-hybridized carbons (Fsp3) is 0.167. The number of allylic oxidation sites excluding steroid dienone is 1. The van der Waals surface area contributed by atoms with Gasteiger partial charge < -0.3 is 10.2 Å². The number of hydrogen-bond acceptors (Lipinski definition) is 3. The standard InChI is InChI=1S/C12H11NO3/c13-6-2-1-3-10-7-9(8-12(15)16)4-5-11(10)14/h1,3-5,7,14H,2,8H2,(H,15,16). The molecule has 1 rings (SSSR count). The molecule has 2 N–H and O–H groups in total. The highest BCUT2D eigenvalue weighted by atomic mass is 16.4. The van der Waals surface area contributed by atoms with Crippen LogP contribution in [0.1, 0.15) is 17.5 Å². The fourth-order valence-corrected chi connectivity index (χ4v) is 1.26. The van der Waals surface area contributed by atoms with Crippen molar-refractivity contribution in [3.05, 3.63) is 35.4 Å². The Bertz CT molecular complexity index is 458. The second kappa shape index (κ2) is 5.56. The van der Waals surface area contributed by atoms with E-state index in [-0.39, 0.29) is 18.6 Å². The molecule has 1 aromatic carbocycles. The van der Waals surface area contributed by atoms with Gasteiger partial charge in [-0.25, -0.2) is 0 Å². The number of carboxylic acids is 1. The molecule has 0 bridgehead atoms. The van der Waals surface area contributed by atoms with Gasteiger partial charge in [0.2, 0.25) is 0 Å². The van der Waals surface area contributed by atoms with Crippen molar-refractivity contribution in [3.63, 3.8) is 0 Å². The minimum Gasteiger partial charge on any atom is -0.507 e. The van der Waals surface area contributed by atoms with E-state index in [1.165, 1.54) is 6.07 Å². The van der Waals surface area contributed by atoms with Gasteiger partial charge in [-0.2, -0.15) is 5.26 Å². The zero-order chi connectivity index (χ0) is 12.0. The molecule has 4 nitrogen and oxygen atoms in total. The van der Waals surface area contributed by atoms with Gasteiger partial charge in [-0.05, 0) is 17.7 Å². The van der Waals surface area contributed by atoms with Gasteiger partial charge >= 0.3 is 5.97 Å². The number of benzene rings is 1. The van der Waals surface area contributed by atoms with E-state index in [0.717, 1.165) is 0 Å². The van der Waals surface area contributed by atoms with Crippen molar-refractivity contribution in [3.8, 4) is 11.8 Å². The lowest BCUT2D eigenvalue weighted by molar-refractivity contribution is -0.136. The highest BCUT2D eigenvalue weighted by Gasteiger charge is 2.03. The van der Waals surface area contributed by atoms with Crippen LogP contribution in [0.3, 0.4) is 0 Å². The lowest BCUT2D eigenvalue weighted by atomic mass is 10.1. The van der Waals surface area contributed by atoms with Crippen LogP contribution >= 0.6 is 0 Å². The van der Waals surface area contributed by atoms with Crippen molar-refractivity contribution < 1.29 is 15.0 Å². The largest absolute Gasteiger partial charge is 0.507 e. The molecule has 16 heavy (non-hydrogen) atoms. The number of aromatic hydroxyl groups is 1. The van der Waals surface area contributed by atoms with Gasteiger partial charge in [0.1, 0.15) is 5.75 Å². The topological polar surface area (TPSA) is 81.3 Å². The first-order chi connectivity index (χ1) is 7.63. The van der Waals surface area contributed by atoms with E-state index in [1.807, 2.05) is 6.07 Å². The summed E-state index contributed by atoms with van der Waals surface area (Å²) in [5.74, 6) is -0.846. The summed E-state index contributed by atoms with van der Waals surface area (Å²) >= 11 is 0. The summed E-state index contributed by atoms with van der Waals surface area (Å²) in [6.07, 6.45) is 3.38. The number of hydrogen-bond donors (Lipinski definition) is 2. The van der Waals surface area contributed by atoms with Crippen LogP contribution in [0, 0.1) is 11.3 Å². The van der Waals surface area contributed by atoms with Crippen molar-refractivity contribution in [2.24, 2.45) is 0 Å². The number of phenols is 1. The van der Waals surface area contributed by atoms with Crippen LogP contribution in [0.5, 0.6) is 5.75 Å². The first kappa shape index (κ1) is 11.8. The molecule has 0 fully saturated rings. The molecule has 0 aliphatic carbocycles. The molecule has 0 spiro atoms. The number of rotatable bonds is 4. The number of aliphatic carboxylic acids is 1. The first-order valence-electron chi connectivity index (χ1n) is 4.70. The van der Waals surface area contributed by atoms with Crippen molar-refractivity contribution >= 4 is 12.0 Å². The van der Waals surface area contributed by atoms with Gasteiger partial charge in [-0.15, -0.1) is 0 Å². The molecule has 0 aliphatic rings. The Morgan fingerprint density at radius 2 is 2.25 bits per heavy atom.